The molecule has 0 saturated carbocycles. The third-order valence-electron chi connectivity index (χ3n) is 4.06. The first-order valence-electron chi connectivity index (χ1n) is 6.98. The minimum atomic E-state index is -4.47. The van der Waals surface area contributed by atoms with E-state index >= 15 is 0 Å². The third-order valence-corrected chi connectivity index (χ3v) is 4.06. The van der Waals surface area contributed by atoms with Crippen LogP contribution in [0.15, 0.2) is 18.3 Å². The van der Waals surface area contributed by atoms with Crippen molar-refractivity contribution in [1.29, 1.82) is 0 Å². The predicted molar refractivity (Wildman–Crippen MR) is 76.1 cm³/mol. The van der Waals surface area contributed by atoms with Gasteiger partial charge in [0.1, 0.15) is 0 Å². The number of alkyl halides is 3. The molecule has 0 amide bonds. The van der Waals surface area contributed by atoms with Crippen LogP contribution in [0.3, 0.4) is 0 Å². The molecule has 8 heteroatoms. The van der Waals surface area contributed by atoms with Crippen molar-refractivity contribution >= 4 is 12.6 Å². The number of nitrogens with zero attached hydrogens (tertiary/aromatic N) is 1. The zero-order valence-corrected chi connectivity index (χ0v) is 13.2. The molecule has 0 aliphatic carbocycles. The summed E-state index contributed by atoms with van der Waals surface area (Å²) in [6, 6.07) is 3.19. The van der Waals surface area contributed by atoms with E-state index in [2.05, 4.69) is 4.98 Å². The Morgan fingerprint density at radius 2 is 1.73 bits per heavy atom. The van der Waals surface area contributed by atoms with Crippen molar-refractivity contribution in [3.05, 3.63) is 18.3 Å². The Hall–Kier alpha value is -1.28. The van der Waals surface area contributed by atoms with Crippen LogP contribution in [0.4, 0.5) is 13.2 Å². The molecule has 1 atom stereocenters. The SMILES string of the molecule is C[C@@H](Oc1ncccc1B1OC(C)(C)C(C)(C)O1)C(F)(F)F. The highest BCUT2D eigenvalue weighted by Gasteiger charge is 2.53. The lowest BCUT2D eigenvalue weighted by atomic mass is 9.80. The molecule has 0 radical (unpaired) electrons. The van der Waals surface area contributed by atoms with E-state index in [1.807, 2.05) is 27.7 Å². The quantitative estimate of drug-likeness (QED) is 0.804. The Balaban J connectivity index is 2.27. The maximum absolute atomic E-state index is 12.7. The summed E-state index contributed by atoms with van der Waals surface area (Å²) < 4.78 is 54.7. The van der Waals surface area contributed by atoms with Crippen LogP contribution in [0.2, 0.25) is 0 Å². The Labute approximate surface area is 128 Å². The number of ether oxygens (including phenoxy) is 1. The Morgan fingerprint density at radius 3 is 2.23 bits per heavy atom. The standard InChI is InChI=1S/C14H19BF3NO3/c1-9(14(16,17)18)20-11-10(7-6-8-19-11)15-21-12(2,3)13(4,5)22-15/h6-9H,1-5H3/t9-/m1/s1. The van der Waals surface area contributed by atoms with E-state index in [0.717, 1.165) is 6.92 Å². The van der Waals surface area contributed by atoms with Gasteiger partial charge in [-0.05, 0) is 40.7 Å². The molecule has 0 unspecified atom stereocenters. The molecule has 1 aromatic heterocycles. The third kappa shape index (κ3) is 3.22. The van der Waals surface area contributed by atoms with Crippen molar-refractivity contribution in [2.75, 3.05) is 0 Å². The first-order chi connectivity index (χ1) is 9.94. The number of halogens is 3. The van der Waals surface area contributed by atoms with Gasteiger partial charge in [-0.25, -0.2) is 4.98 Å². The number of aromatic nitrogens is 1. The van der Waals surface area contributed by atoms with Gasteiger partial charge in [0.05, 0.1) is 11.2 Å². The highest BCUT2D eigenvalue weighted by Crippen LogP contribution is 2.37. The molecule has 1 aromatic rings. The summed E-state index contributed by atoms with van der Waals surface area (Å²) in [6.45, 7) is 8.39. The summed E-state index contributed by atoms with van der Waals surface area (Å²) in [5.74, 6) is -0.133. The van der Waals surface area contributed by atoms with Gasteiger partial charge in [-0.2, -0.15) is 13.2 Å². The first-order valence-corrected chi connectivity index (χ1v) is 6.98. The smallest absolute Gasteiger partial charge is 0.465 e. The summed E-state index contributed by atoms with van der Waals surface area (Å²) in [5, 5.41) is 0. The Kier molecular flexibility index (Phi) is 4.21. The van der Waals surface area contributed by atoms with E-state index in [1.165, 1.54) is 6.20 Å². The monoisotopic (exact) mass is 317 g/mol. The van der Waals surface area contributed by atoms with Crippen molar-refractivity contribution in [3.8, 4) is 5.88 Å². The van der Waals surface area contributed by atoms with E-state index < -0.39 is 30.6 Å². The van der Waals surface area contributed by atoms with Crippen LogP contribution in [0.1, 0.15) is 34.6 Å². The predicted octanol–water partition coefficient (Wildman–Crippen LogP) is 2.71. The molecule has 0 aromatic carbocycles. The lowest BCUT2D eigenvalue weighted by Gasteiger charge is -2.32. The van der Waals surface area contributed by atoms with E-state index in [-0.39, 0.29) is 5.88 Å². The van der Waals surface area contributed by atoms with Crippen LogP contribution in [-0.2, 0) is 9.31 Å². The van der Waals surface area contributed by atoms with Crippen LogP contribution in [-0.4, -0.2) is 35.6 Å². The fourth-order valence-corrected chi connectivity index (χ4v) is 1.89. The molecular weight excluding hydrogens is 298 g/mol. The number of pyridine rings is 1. The summed E-state index contributed by atoms with van der Waals surface area (Å²) in [7, 11) is -0.825. The van der Waals surface area contributed by atoms with Crippen molar-refractivity contribution in [2.45, 2.75) is 58.1 Å². The highest BCUT2D eigenvalue weighted by atomic mass is 19.4. The highest BCUT2D eigenvalue weighted by molar-refractivity contribution is 6.63. The Bertz CT molecular complexity index is 532. The van der Waals surface area contributed by atoms with E-state index in [9.17, 15) is 13.2 Å². The average Bonchev–Trinajstić information content (AvgIpc) is 2.57. The first kappa shape index (κ1) is 17.1. The van der Waals surface area contributed by atoms with Gasteiger partial charge in [-0.1, -0.05) is 6.07 Å². The summed E-state index contributed by atoms with van der Waals surface area (Å²) in [5.41, 5.74) is -0.849. The topological polar surface area (TPSA) is 40.6 Å². The van der Waals surface area contributed by atoms with E-state index in [0.29, 0.717) is 5.46 Å². The maximum Gasteiger partial charge on any atom is 0.500 e. The largest absolute Gasteiger partial charge is 0.500 e. The van der Waals surface area contributed by atoms with Crippen molar-refractivity contribution < 1.29 is 27.2 Å². The fourth-order valence-electron chi connectivity index (χ4n) is 1.89. The van der Waals surface area contributed by atoms with Gasteiger partial charge in [-0.15, -0.1) is 0 Å². The normalized spacial score (nSPS) is 21.7. The molecule has 0 bridgehead atoms. The minimum absolute atomic E-state index is 0.133. The van der Waals surface area contributed by atoms with Crippen LogP contribution >= 0.6 is 0 Å². The average molecular weight is 317 g/mol. The molecule has 122 valence electrons. The number of hydrogen-bond donors (Lipinski definition) is 0. The molecule has 4 nitrogen and oxygen atoms in total. The lowest BCUT2D eigenvalue weighted by molar-refractivity contribution is -0.189. The van der Waals surface area contributed by atoms with E-state index in [4.69, 9.17) is 14.0 Å². The minimum Gasteiger partial charge on any atom is -0.465 e. The van der Waals surface area contributed by atoms with E-state index in [1.54, 1.807) is 12.1 Å². The zero-order chi connectivity index (χ0) is 16.8. The second kappa shape index (κ2) is 5.42. The van der Waals surface area contributed by atoms with Crippen LogP contribution < -0.4 is 10.2 Å². The summed E-state index contributed by atoms with van der Waals surface area (Å²) >= 11 is 0. The summed E-state index contributed by atoms with van der Waals surface area (Å²) in [6.07, 6.45) is -5.07. The van der Waals surface area contributed by atoms with Crippen molar-refractivity contribution in [2.24, 2.45) is 0 Å². The molecule has 2 rings (SSSR count). The molecular formula is C14H19BF3NO3. The van der Waals surface area contributed by atoms with Gasteiger partial charge in [0.2, 0.25) is 5.88 Å². The van der Waals surface area contributed by atoms with Gasteiger partial charge >= 0.3 is 13.3 Å². The van der Waals surface area contributed by atoms with Gasteiger partial charge in [0.25, 0.3) is 0 Å². The molecule has 1 aliphatic heterocycles. The van der Waals surface area contributed by atoms with Gasteiger partial charge < -0.3 is 14.0 Å². The molecule has 1 aliphatic rings. The van der Waals surface area contributed by atoms with Gasteiger partial charge in [-0.3, -0.25) is 0 Å². The van der Waals surface area contributed by atoms with Gasteiger partial charge in [0.15, 0.2) is 6.10 Å². The van der Waals surface area contributed by atoms with Crippen molar-refractivity contribution in [3.63, 3.8) is 0 Å². The molecule has 1 fully saturated rings. The lowest BCUT2D eigenvalue weighted by Crippen LogP contribution is -2.41. The number of rotatable bonds is 3. The van der Waals surface area contributed by atoms with Crippen LogP contribution in [0.25, 0.3) is 0 Å². The zero-order valence-electron chi connectivity index (χ0n) is 13.2. The second-order valence-electron chi connectivity index (χ2n) is 6.29. The molecule has 1 saturated heterocycles. The molecule has 0 spiro atoms. The molecule has 2 heterocycles. The van der Waals surface area contributed by atoms with Crippen molar-refractivity contribution in [1.82, 2.24) is 4.98 Å². The molecule has 0 N–H and O–H groups in total. The molecule has 22 heavy (non-hydrogen) atoms. The second-order valence-corrected chi connectivity index (χ2v) is 6.29. The maximum atomic E-state index is 12.7. The number of hydrogen-bond acceptors (Lipinski definition) is 4. The Morgan fingerprint density at radius 1 is 1.18 bits per heavy atom. The summed E-state index contributed by atoms with van der Waals surface area (Å²) in [4.78, 5) is 3.89. The fraction of sp³-hybridized carbons (Fsp3) is 0.643. The van der Waals surface area contributed by atoms with Crippen LogP contribution in [0.5, 0.6) is 5.88 Å². The van der Waals surface area contributed by atoms with Crippen LogP contribution in [0, 0.1) is 0 Å². The van der Waals surface area contributed by atoms with Gasteiger partial charge in [0, 0.05) is 11.7 Å².